The Hall–Kier alpha value is -1.60. The van der Waals surface area contributed by atoms with Gasteiger partial charge in [0.25, 0.3) is 11.6 Å². The molecule has 2 heterocycles. The molecule has 1 aromatic carbocycles. The number of thioether (sulfide) groups is 1. The molecule has 0 N–H and O–H groups in total. The Morgan fingerprint density at radius 3 is 2.92 bits per heavy atom. The van der Waals surface area contributed by atoms with E-state index in [1.54, 1.807) is 19.1 Å². The number of benzene rings is 1. The standard InChI is InChI=1S/C17H22N2O4S/c1-12-15(5-2-6-16(12)19(21)22)17(20)18(13-7-9-24-11-13)10-14-4-3-8-23-14/h2,5-6,13-14H,3-4,7-11H2,1H3. The van der Waals surface area contributed by atoms with Crippen molar-refractivity contribution >= 4 is 23.4 Å². The minimum atomic E-state index is -0.429. The number of carbonyl (C=O) groups is 1. The highest BCUT2D eigenvalue weighted by atomic mass is 32.2. The highest BCUT2D eigenvalue weighted by Crippen LogP contribution is 2.28. The van der Waals surface area contributed by atoms with Crippen molar-refractivity contribution in [2.75, 3.05) is 24.7 Å². The number of nitro groups is 1. The fourth-order valence-corrected chi connectivity index (χ4v) is 4.61. The van der Waals surface area contributed by atoms with Crippen molar-refractivity contribution in [3.63, 3.8) is 0 Å². The van der Waals surface area contributed by atoms with Gasteiger partial charge in [-0.05, 0) is 38.0 Å². The molecule has 2 atom stereocenters. The maximum Gasteiger partial charge on any atom is 0.273 e. The highest BCUT2D eigenvalue weighted by molar-refractivity contribution is 7.99. The van der Waals surface area contributed by atoms with E-state index in [4.69, 9.17) is 4.74 Å². The van der Waals surface area contributed by atoms with Crippen LogP contribution in [0.1, 0.15) is 35.2 Å². The summed E-state index contributed by atoms with van der Waals surface area (Å²) >= 11 is 1.85. The van der Waals surface area contributed by atoms with Gasteiger partial charge in [0.05, 0.1) is 11.0 Å². The molecule has 130 valence electrons. The van der Waals surface area contributed by atoms with Gasteiger partial charge < -0.3 is 9.64 Å². The summed E-state index contributed by atoms with van der Waals surface area (Å²) in [6, 6.07) is 4.91. The zero-order valence-electron chi connectivity index (χ0n) is 13.8. The maximum atomic E-state index is 13.2. The molecule has 1 amide bonds. The molecule has 2 unspecified atom stereocenters. The third kappa shape index (κ3) is 3.57. The summed E-state index contributed by atoms with van der Waals surface area (Å²) in [5.41, 5.74) is 0.869. The molecule has 1 aromatic rings. The summed E-state index contributed by atoms with van der Waals surface area (Å²) in [4.78, 5) is 25.8. The molecule has 2 fully saturated rings. The number of carbonyl (C=O) groups excluding carboxylic acids is 1. The van der Waals surface area contributed by atoms with Gasteiger partial charge in [-0.15, -0.1) is 0 Å². The van der Waals surface area contributed by atoms with E-state index >= 15 is 0 Å². The van der Waals surface area contributed by atoms with E-state index in [1.165, 1.54) is 6.07 Å². The Kier molecular flexibility index (Phi) is 5.40. The SMILES string of the molecule is Cc1c(C(=O)N(CC2CCCO2)C2CCSC2)cccc1[N+](=O)[O-]. The van der Waals surface area contributed by atoms with Crippen LogP contribution in [0.5, 0.6) is 0 Å². The Labute approximate surface area is 145 Å². The Bertz CT molecular complexity index is 625. The van der Waals surface area contributed by atoms with Crippen molar-refractivity contribution in [2.24, 2.45) is 0 Å². The molecule has 24 heavy (non-hydrogen) atoms. The lowest BCUT2D eigenvalue weighted by atomic mass is 10.0. The lowest BCUT2D eigenvalue weighted by Crippen LogP contribution is -2.45. The second-order valence-electron chi connectivity index (χ2n) is 6.32. The summed E-state index contributed by atoms with van der Waals surface area (Å²) in [6.45, 7) is 2.98. The molecule has 0 aromatic heterocycles. The zero-order chi connectivity index (χ0) is 17.1. The van der Waals surface area contributed by atoms with Crippen LogP contribution in [0.2, 0.25) is 0 Å². The molecular formula is C17H22N2O4S. The molecular weight excluding hydrogens is 328 g/mol. The van der Waals surface area contributed by atoms with Gasteiger partial charge in [-0.25, -0.2) is 0 Å². The number of nitro benzene ring substituents is 1. The topological polar surface area (TPSA) is 72.7 Å². The third-order valence-electron chi connectivity index (χ3n) is 4.76. The maximum absolute atomic E-state index is 13.2. The van der Waals surface area contributed by atoms with Crippen LogP contribution in [0, 0.1) is 17.0 Å². The lowest BCUT2D eigenvalue weighted by Gasteiger charge is -2.31. The number of ether oxygens (including phenoxy) is 1. The molecule has 7 heteroatoms. The van der Waals surface area contributed by atoms with Crippen LogP contribution in [0.3, 0.4) is 0 Å². The van der Waals surface area contributed by atoms with Gasteiger partial charge in [0.2, 0.25) is 0 Å². The summed E-state index contributed by atoms with van der Waals surface area (Å²) < 4.78 is 5.71. The quantitative estimate of drug-likeness (QED) is 0.603. The van der Waals surface area contributed by atoms with Crippen LogP contribution < -0.4 is 0 Å². The van der Waals surface area contributed by atoms with E-state index < -0.39 is 4.92 Å². The van der Waals surface area contributed by atoms with Crippen LogP contribution >= 0.6 is 11.8 Å². The van der Waals surface area contributed by atoms with E-state index in [1.807, 2.05) is 16.7 Å². The van der Waals surface area contributed by atoms with Crippen molar-refractivity contribution in [3.8, 4) is 0 Å². The van der Waals surface area contributed by atoms with Crippen LogP contribution in [0.4, 0.5) is 5.69 Å². The molecule has 0 saturated carbocycles. The van der Waals surface area contributed by atoms with Gasteiger partial charge >= 0.3 is 0 Å². The molecule has 0 spiro atoms. The molecule has 0 bridgehead atoms. The first-order valence-corrected chi connectivity index (χ1v) is 9.47. The fourth-order valence-electron chi connectivity index (χ4n) is 3.38. The Balaban J connectivity index is 1.87. The van der Waals surface area contributed by atoms with Crippen molar-refractivity contribution in [1.82, 2.24) is 4.90 Å². The molecule has 3 rings (SSSR count). The number of hydrogen-bond acceptors (Lipinski definition) is 5. The smallest absolute Gasteiger partial charge is 0.273 e. The predicted molar refractivity (Wildman–Crippen MR) is 93.6 cm³/mol. The summed E-state index contributed by atoms with van der Waals surface area (Å²) in [5, 5.41) is 11.2. The van der Waals surface area contributed by atoms with Crippen molar-refractivity contribution in [2.45, 2.75) is 38.3 Å². The van der Waals surface area contributed by atoms with Crippen LogP contribution in [0.25, 0.3) is 0 Å². The Morgan fingerprint density at radius 1 is 1.46 bits per heavy atom. The molecule has 0 radical (unpaired) electrons. The second-order valence-corrected chi connectivity index (χ2v) is 7.47. The van der Waals surface area contributed by atoms with Gasteiger partial charge in [-0.2, -0.15) is 11.8 Å². The van der Waals surface area contributed by atoms with E-state index in [2.05, 4.69) is 0 Å². The lowest BCUT2D eigenvalue weighted by molar-refractivity contribution is -0.385. The van der Waals surface area contributed by atoms with E-state index in [0.717, 1.165) is 37.4 Å². The van der Waals surface area contributed by atoms with Gasteiger partial charge in [-0.3, -0.25) is 14.9 Å². The zero-order valence-corrected chi connectivity index (χ0v) is 14.6. The van der Waals surface area contributed by atoms with Crippen LogP contribution in [-0.2, 0) is 4.74 Å². The summed E-state index contributed by atoms with van der Waals surface area (Å²) in [7, 11) is 0. The minimum absolute atomic E-state index is 0.00119. The second kappa shape index (κ2) is 7.53. The minimum Gasteiger partial charge on any atom is -0.376 e. The first-order valence-electron chi connectivity index (χ1n) is 8.32. The first-order chi connectivity index (χ1) is 11.6. The van der Waals surface area contributed by atoms with Crippen molar-refractivity contribution < 1.29 is 14.5 Å². The molecule has 0 aliphatic carbocycles. The molecule has 2 saturated heterocycles. The number of hydrogen-bond donors (Lipinski definition) is 0. The largest absolute Gasteiger partial charge is 0.376 e. The van der Waals surface area contributed by atoms with Gasteiger partial charge in [-0.1, -0.05) is 6.07 Å². The Morgan fingerprint density at radius 2 is 2.29 bits per heavy atom. The summed E-state index contributed by atoms with van der Waals surface area (Å²) in [6.07, 6.45) is 3.05. The third-order valence-corrected chi connectivity index (χ3v) is 5.91. The van der Waals surface area contributed by atoms with Crippen LogP contribution in [-0.4, -0.2) is 52.5 Å². The molecule has 2 aliphatic heterocycles. The normalized spacial score (nSPS) is 23.4. The average Bonchev–Trinajstić information content (AvgIpc) is 3.25. The van der Waals surface area contributed by atoms with E-state index in [9.17, 15) is 14.9 Å². The van der Waals surface area contributed by atoms with Gasteiger partial charge in [0.15, 0.2) is 0 Å². The fraction of sp³-hybridized carbons (Fsp3) is 0.588. The van der Waals surface area contributed by atoms with Crippen molar-refractivity contribution in [1.29, 1.82) is 0 Å². The summed E-state index contributed by atoms with van der Waals surface area (Å²) in [5.74, 6) is 1.86. The molecule has 6 nitrogen and oxygen atoms in total. The molecule has 2 aliphatic rings. The number of nitrogens with zero attached hydrogens (tertiary/aromatic N) is 2. The van der Waals surface area contributed by atoms with Crippen LogP contribution in [0.15, 0.2) is 18.2 Å². The van der Waals surface area contributed by atoms with Crippen molar-refractivity contribution in [3.05, 3.63) is 39.4 Å². The monoisotopic (exact) mass is 350 g/mol. The van der Waals surface area contributed by atoms with Gasteiger partial charge in [0.1, 0.15) is 0 Å². The number of amides is 1. The highest BCUT2D eigenvalue weighted by Gasteiger charge is 2.32. The van der Waals surface area contributed by atoms with E-state index in [0.29, 0.717) is 17.7 Å². The van der Waals surface area contributed by atoms with Gasteiger partial charge in [0, 0.05) is 42.1 Å². The van der Waals surface area contributed by atoms with E-state index in [-0.39, 0.29) is 23.7 Å². The predicted octanol–water partition coefficient (Wildman–Crippen LogP) is 3.03. The average molecular weight is 350 g/mol. The first kappa shape index (κ1) is 17.2. The number of rotatable bonds is 5.